The summed E-state index contributed by atoms with van der Waals surface area (Å²) < 4.78 is 5.17. The molecule has 128 valence electrons. The molecule has 0 saturated carbocycles. The Bertz CT molecular complexity index is 574. The lowest BCUT2D eigenvalue weighted by molar-refractivity contribution is -0.117. The van der Waals surface area contributed by atoms with E-state index in [1.54, 1.807) is 18.3 Å². The van der Waals surface area contributed by atoms with Crippen LogP contribution in [0.5, 0.6) is 0 Å². The van der Waals surface area contributed by atoms with Crippen LogP contribution in [0.3, 0.4) is 0 Å². The first kappa shape index (κ1) is 19.2. The predicted octanol–water partition coefficient (Wildman–Crippen LogP) is 3.01. The van der Waals surface area contributed by atoms with Crippen molar-refractivity contribution in [3.8, 4) is 0 Å². The van der Waals surface area contributed by atoms with Gasteiger partial charge in [-0.3, -0.25) is 4.79 Å². The SMILES string of the molecule is CC(C)(C)OC(=O)NCc1nc2c(s1)C=CCC2.CCC(N)=O. The Morgan fingerprint density at radius 2 is 2.09 bits per heavy atom. The standard InChI is InChI=1S/C13H18N2O2S.C3H7NO/c1-13(2,3)17-12(16)14-8-11-15-9-6-4-5-7-10(9)18-11;1-2-3(4)5/h5,7H,4,6,8H2,1-3H3,(H,14,16);2H2,1H3,(H2,4,5). The lowest BCUT2D eigenvalue weighted by atomic mass is 10.1. The molecular formula is C16H25N3O3S. The average Bonchev–Trinajstić information content (AvgIpc) is 2.86. The monoisotopic (exact) mass is 339 g/mol. The van der Waals surface area contributed by atoms with Gasteiger partial charge in [-0.25, -0.2) is 9.78 Å². The van der Waals surface area contributed by atoms with Crippen molar-refractivity contribution in [1.29, 1.82) is 0 Å². The molecule has 0 aliphatic heterocycles. The largest absolute Gasteiger partial charge is 0.444 e. The molecule has 2 amide bonds. The van der Waals surface area contributed by atoms with Gasteiger partial charge in [-0.15, -0.1) is 11.3 Å². The van der Waals surface area contributed by atoms with E-state index in [1.165, 1.54) is 4.88 Å². The molecule has 0 aromatic carbocycles. The maximum absolute atomic E-state index is 11.5. The van der Waals surface area contributed by atoms with Gasteiger partial charge in [0.25, 0.3) is 0 Å². The Kier molecular flexibility index (Phi) is 7.22. The highest BCUT2D eigenvalue weighted by Gasteiger charge is 2.17. The first-order chi connectivity index (χ1) is 10.7. The number of carbonyl (C=O) groups excluding carboxylic acids is 2. The third-order valence-electron chi connectivity index (χ3n) is 2.72. The van der Waals surface area contributed by atoms with E-state index in [0.717, 1.165) is 23.5 Å². The number of ether oxygens (including phenoxy) is 1. The van der Waals surface area contributed by atoms with Gasteiger partial charge in [-0.05, 0) is 39.7 Å². The van der Waals surface area contributed by atoms with Gasteiger partial charge in [0.1, 0.15) is 10.6 Å². The molecule has 0 spiro atoms. The van der Waals surface area contributed by atoms with Gasteiger partial charge in [0.2, 0.25) is 5.91 Å². The molecule has 1 aromatic heterocycles. The number of thiazole rings is 1. The normalized spacial score (nSPS) is 12.7. The van der Waals surface area contributed by atoms with Gasteiger partial charge in [0, 0.05) is 6.42 Å². The van der Waals surface area contributed by atoms with Crippen LogP contribution in [-0.4, -0.2) is 22.6 Å². The highest BCUT2D eigenvalue weighted by molar-refractivity contribution is 7.12. The second kappa shape index (κ2) is 8.67. The smallest absolute Gasteiger partial charge is 0.408 e. The summed E-state index contributed by atoms with van der Waals surface area (Å²) in [5, 5.41) is 3.66. The number of primary amides is 1. The van der Waals surface area contributed by atoms with Crippen molar-refractivity contribution in [3.63, 3.8) is 0 Å². The van der Waals surface area contributed by atoms with Crippen LogP contribution in [0.4, 0.5) is 4.79 Å². The van der Waals surface area contributed by atoms with E-state index in [2.05, 4.69) is 28.2 Å². The zero-order valence-corrected chi connectivity index (χ0v) is 15.0. The Morgan fingerprint density at radius 1 is 1.43 bits per heavy atom. The number of carbonyl (C=O) groups is 2. The van der Waals surface area contributed by atoms with Crippen molar-refractivity contribution in [2.75, 3.05) is 0 Å². The number of alkyl carbamates (subject to hydrolysis) is 1. The molecule has 1 aromatic rings. The van der Waals surface area contributed by atoms with Gasteiger partial charge >= 0.3 is 6.09 Å². The molecule has 1 aliphatic rings. The van der Waals surface area contributed by atoms with Crippen LogP contribution in [-0.2, 0) is 22.5 Å². The molecule has 3 N–H and O–H groups in total. The second-order valence-corrected chi connectivity index (χ2v) is 7.15. The molecule has 7 heteroatoms. The van der Waals surface area contributed by atoms with Crippen LogP contribution in [0.15, 0.2) is 6.08 Å². The summed E-state index contributed by atoms with van der Waals surface area (Å²) in [6, 6.07) is 0. The topological polar surface area (TPSA) is 94.3 Å². The molecular weight excluding hydrogens is 314 g/mol. The first-order valence-electron chi connectivity index (χ1n) is 7.61. The van der Waals surface area contributed by atoms with Gasteiger partial charge < -0.3 is 15.8 Å². The number of allylic oxidation sites excluding steroid dienone is 1. The molecule has 0 saturated heterocycles. The molecule has 0 unspecified atom stereocenters. The van der Waals surface area contributed by atoms with Crippen molar-refractivity contribution in [1.82, 2.24) is 10.3 Å². The summed E-state index contributed by atoms with van der Waals surface area (Å²) in [6.45, 7) is 7.70. The number of hydrogen-bond acceptors (Lipinski definition) is 5. The third-order valence-corrected chi connectivity index (χ3v) is 3.78. The summed E-state index contributed by atoms with van der Waals surface area (Å²) in [7, 11) is 0. The van der Waals surface area contributed by atoms with Gasteiger partial charge in [0.15, 0.2) is 0 Å². The van der Waals surface area contributed by atoms with Gasteiger partial charge in [0.05, 0.1) is 17.1 Å². The summed E-state index contributed by atoms with van der Waals surface area (Å²) in [4.78, 5) is 26.8. The highest BCUT2D eigenvalue weighted by Crippen LogP contribution is 2.25. The van der Waals surface area contributed by atoms with Crippen molar-refractivity contribution in [2.24, 2.45) is 5.73 Å². The molecule has 0 radical (unpaired) electrons. The zero-order valence-electron chi connectivity index (χ0n) is 14.1. The molecule has 2 rings (SSSR count). The predicted molar refractivity (Wildman–Crippen MR) is 92.0 cm³/mol. The lowest BCUT2D eigenvalue weighted by Gasteiger charge is -2.19. The van der Waals surface area contributed by atoms with E-state index in [1.807, 2.05) is 20.8 Å². The number of rotatable bonds is 3. The molecule has 1 heterocycles. The van der Waals surface area contributed by atoms with Crippen LogP contribution < -0.4 is 11.1 Å². The molecule has 0 atom stereocenters. The van der Waals surface area contributed by atoms with Crippen molar-refractivity contribution < 1.29 is 14.3 Å². The number of nitrogens with two attached hydrogens (primary N) is 1. The van der Waals surface area contributed by atoms with Crippen molar-refractivity contribution >= 4 is 29.4 Å². The fourth-order valence-electron chi connectivity index (χ4n) is 1.67. The van der Waals surface area contributed by atoms with E-state index in [4.69, 9.17) is 4.74 Å². The average molecular weight is 339 g/mol. The van der Waals surface area contributed by atoms with Crippen LogP contribution in [0.25, 0.3) is 6.08 Å². The van der Waals surface area contributed by atoms with Crippen LogP contribution in [0.1, 0.15) is 56.1 Å². The third kappa shape index (κ3) is 7.78. The minimum atomic E-state index is -0.463. The van der Waals surface area contributed by atoms with Gasteiger partial charge in [-0.2, -0.15) is 0 Å². The summed E-state index contributed by atoms with van der Waals surface area (Å²) >= 11 is 1.63. The number of nitrogens with zero attached hydrogens (tertiary/aromatic N) is 1. The minimum Gasteiger partial charge on any atom is -0.444 e. The van der Waals surface area contributed by atoms with E-state index >= 15 is 0 Å². The van der Waals surface area contributed by atoms with Crippen LogP contribution in [0, 0.1) is 0 Å². The molecule has 6 nitrogen and oxygen atoms in total. The van der Waals surface area contributed by atoms with Crippen molar-refractivity contribution in [2.45, 2.75) is 59.1 Å². The Balaban J connectivity index is 0.000000463. The van der Waals surface area contributed by atoms with Crippen molar-refractivity contribution in [3.05, 3.63) is 21.7 Å². The number of aromatic nitrogens is 1. The Labute approximate surface area is 141 Å². The Morgan fingerprint density at radius 3 is 2.61 bits per heavy atom. The zero-order chi connectivity index (χ0) is 17.5. The summed E-state index contributed by atoms with van der Waals surface area (Å²) in [5.41, 5.74) is 5.33. The van der Waals surface area contributed by atoms with Crippen LogP contribution >= 0.6 is 11.3 Å². The molecule has 0 fully saturated rings. The summed E-state index contributed by atoms with van der Waals surface area (Å²) in [5.74, 6) is -0.245. The maximum Gasteiger partial charge on any atom is 0.408 e. The van der Waals surface area contributed by atoms with E-state index in [-0.39, 0.29) is 5.91 Å². The molecule has 0 bridgehead atoms. The summed E-state index contributed by atoms with van der Waals surface area (Å²) in [6.07, 6.45) is 6.36. The van der Waals surface area contributed by atoms with E-state index in [9.17, 15) is 9.59 Å². The minimum absolute atomic E-state index is 0.245. The second-order valence-electron chi connectivity index (χ2n) is 6.03. The van der Waals surface area contributed by atoms with E-state index < -0.39 is 11.7 Å². The quantitative estimate of drug-likeness (QED) is 0.885. The number of nitrogens with one attached hydrogen (secondary N) is 1. The first-order valence-corrected chi connectivity index (χ1v) is 8.43. The van der Waals surface area contributed by atoms with Crippen LogP contribution in [0.2, 0.25) is 0 Å². The number of hydrogen-bond donors (Lipinski definition) is 2. The lowest BCUT2D eigenvalue weighted by Crippen LogP contribution is -2.32. The fraction of sp³-hybridized carbons (Fsp3) is 0.562. The maximum atomic E-state index is 11.5. The number of aryl methyl sites for hydroxylation is 1. The number of amides is 2. The molecule has 1 aliphatic carbocycles. The van der Waals surface area contributed by atoms with E-state index in [0.29, 0.717) is 13.0 Å². The number of fused-ring (bicyclic) bond motifs is 1. The highest BCUT2D eigenvalue weighted by atomic mass is 32.1. The molecule has 23 heavy (non-hydrogen) atoms. The van der Waals surface area contributed by atoms with Gasteiger partial charge in [-0.1, -0.05) is 13.0 Å². The fourth-order valence-corrected chi connectivity index (χ4v) is 2.66. The Hall–Kier alpha value is -1.89.